The van der Waals surface area contributed by atoms with E-state index in [1.54, 1.807) is 0 Å². The number of rotatable bonds is 8. The van der Waals surface area contributed by atoms with Gasteiger partial charge in [-0.25, -0.2) is 0 Å². The Kier molecular flexibility index (Phi) is 7.01. The minimum atomic E-state index is -0.121. The molecule has 0 unspecified atom stereocenters. The van der Waals surface area contributed by atoms with Gasteiger partial charge in [0.15, 0.2) is 0 Å². The Morgan fingerprint density at radius 1 is 1.32 bits per heavy atom. The predicted octanol–water partition coefficient (Wildman–Crippen LogP) is 3.78. The molecule has 1 rings (SSSR count). The van der Waals surface area contributed by atoms with Crippen LogP contribution in [0.25, 0.3) is 0 Å². The maximum absolute atomic E-state index is 11.5. The van der Waals surface area contributed by atoms with Crippen molar-refractivity contribution in [2.75, 3.05) is 18.5 Å². The van der Waals surface area contributed by atoms with Crippen LogP contribution in [0.2, 0.25) is 0 Å². The molecule has 0 spiro atoms. The number of ether oxygens (including phenoxy) is 1. The monoisotopic (exact) mass is 263 g/mol. The van der Waals surface area contributed by atoms with E-state index < -0.39 is 0 Å². The van der Waals surface area contributed by atoms with Crippen molar-refractivity contribution < 1.29 is 9.53 Å². The SMILES string of the molecule is Cc1ccccc1NCCC(=O)OCCCC(C)C. The average Bonchev–Trinajstić information content (AvgIpc) is 2.37. The largest absolute Gasteiger partial charge is 0.466 e. The van der Waals surface area contributed by atoms with Crippen molar-refractivity contribution in [2.45, 2.75) is 40.0 Å². The number of esters is 1. The van der Waals surface area contributed by atoms with E-state index >= 15 is 0 Å². The summed E-state index contributed by atoms with van der Waals surface area (Å²) in [4.78, 5) is 11.5. The first kappa shape index (κ1) is 15.5. The normalized spacial score (nSPS) is 10.5. The van der Waals surface area contributed by atoms with Gasteiger partial charge in [-0.3, -0.25) is 4.79 Å². The van der Waals surface area contributed by atoms with Gasteiger partial charge in [0.25, 0.3) is 0 Å². The van der Waals surface area contributed by atoms with E-state index in [9.17, 15) is 4.79 Å². The zero-order valence-corrected chi connectivity index (χ0v) is 12.2. The number of anilines is 1. The molecule has 0 amide bonds. The molecule has 3 nitrogen and oxygen atoms in total. The summed E-state index contributed by atoms with van der Waals surface area (Å²) < 4.78 is 5.18. The molecular weight excluding hydrogens is 238 g/mol. The van der Waals surface area contributed by atoms with Crippen LogP contribution in [0.4, 0.5) is 5.69 Å². The van der Waals surface area contributed by atoms with Crippen LogP contribution >= 0.6 is 0 Å². The van der Waals surface area contributed by atoms with E-state index in [1.165, 1.54) is 5.56 Å². The third-order valence-corrected chi connectivity index (χ3v) is 2.98. The third-order valence-electron chi connectivity index (χ3n) is 2.98. The smallest absolute Gasteiger partial charge is 0.307 e. The molecule has 1 aromatic carbocycles. The Labute approximate surface area is 116 Å². The molecule has 0 heterocycles. The summed E-state index contributed by atoms with van der Waals surface area (Å²) in [5.41, 5.74) is 2.27. The lowest BCUT2D eigenvalue weighted by Crippen LogP contribution is -2.12. The van der Waals surface area contributed by atoms with Gasteiger partial charge in [0.05, 0.1) is 13.0 Å². The first-order valence-corrected chi connectivity index (χ1v) is 7.04. The molecule has 0 saturated heterocycles. The molecule has 0 aliphatic heterocycles. The predicted molar refractivity (Wildman–Crippen MR) is 79.3 cm³/mol. The molecule has 0 bridgehead atoms. The maximum atomic E-state index is 11.5. The standard InChI is InChI=1S/C16H25NO2/c1-13(2)7-6-12-19-16(18)10-11-17-15-9-5-4-8-14(15)3/h4-5,8-9,13,17H,6-7,10-12H2,1-3H3. The fraction of sp³-hybridized carbons (Fsp3) is 0.562. The molecule has 0 atom stereocenters. The Bertz CT molecular complexity index is 388. The van der Waals surface area contributed by atoms with Crippen molar-refractivity contribution in [1.82, 2.24) is 0 Å². The fourth-order valence-electron chi connectivity index (χ4n) is 1.82. The molecule has 0 radical (unpaired) electrons. The summed E-state index contributed by atoms with van der Waals surface area (Å²) in [6.45, 7) is 7.56. The minimum Gasteiger partial charge on any atom is -0.466 e. The molecule has 0 saturated carbocycles. The van der Waals surface area contributed by atoms with E-state index in [2.05, 4.69) is 19.2 Å². The summed E-state index contributed by atoms with van der Waals surface area (Å²) >= 11 is 0. The quantitative estimate of drug-likeness (QED) is 0.573. The van der Waals surface area contributed by atoms with Crippen LogP contribution in [-0.4, -0.2) is 19.1 Å². The molecular formula is C16H25NO2. The van der Waals surface area contributed by atoms with Crippen LogP contribution in [0, 0.1) is 12.8 Å². The van der Waals surface area contributed by atoms with E-state index in [0.717, 1.165) is 18.5 Å². The molecule has 0 aliphatic rings. The fourth-order valence-corrected chi connectivity index (χ4v) is 1.82. The van der Waals surface area contributed by atoms with Gasteiger partial charge in [-0.15, -0.1) is 0 Å². The summed E-state index contributed by atoms with van der Waals surface area (Å²) in [7, 11) is 0. The van der Waals surface area contributed by atoms with Crippen molar-refractivity contribution in [3.8, 4) is 0 Å². The second-order valence-electron chi connectivity index (χ2n) is 5.25. The van der Waals surface area contributed by atoms with E-state index in [1.807, 2.05) is 31.2 Å². The van der Waals surface area contributed by atoms with Crippen molar-refractivity contribution in [2.24, 2.45) is 5.92 Å². The van der Waals surface area contributed by atoms with Crippen LogP contribution in [0.1, 0.15) is 38.7 Å². The van der Waals surface area contributed by atoms with Crippen molar-refractivity contribution >= 4 is 11.7 Å². The number of nitrogens with one attached hydrogen (secondary N) is 1. The number of hydrogen-bond donors (Lipinski definition) is 1. The first-order valence-electron chi connectivity index (χ1n) is 7.04. The van der Waals surface area contributed by atoms with Gasteiger partial charge in [-0.1, -0.05) is 32.0 Å². The highest BCUT2D eigenvalue weighted by atomic mass is 16.5. The Hall–Kier alpha value is -1.51. The number of carbonyl (C=O) groups is 1. The molecule has 3 heteroatoms. The maximum Gasteiger partial charge on any atom is 0.307 e. The average molecular weight is 263 g/mol. The second-order valence-corrected chi connectivity index (χ2v) is 5.25. The zero-order chi connectivity index (χ0) is 14.1. The van der Waals surface area contributed by atoms with Gasteiger partial charge in [-0.05, 0) is 37.3 Å². The van der Waals surface area contributed by atoms with Gasteiger partial charge in [0.2, 0.25) is 0 Å². The lowest BCUT2D eigenvalue weighted by molar-refractivity contribution is -0.143. The number of para-hydroxylation sites is 1. The summed E-state index contributed by atoms with van der Waals surface area (Å²) in [5.74, 6) is 0.547. The highest BCUT2D eigenvalue weighted by Crippen LogP contribution is 2.12. The van der Waals surface area contributed by atoms with Crippen molar-refractivity contribution in [3.05, 3.63) is 29.8 Å². The highest BCUT2D eigenvalue weighted by Gasteiger charge is 2.03. The van der Waals surface area contributed by atoms with E-state index in [0.29, 0.717) is 25.5 Å². The molecule has 1 N–H and O–H groups in total. The second kappa shape index (κ2) is 8.57. The van der Waals surface area contributed by atoms with Gasteiger partial charge < -0.3 is 10.1 Å². The number of benzene rings is 1. The molecule has 0 aromatic heterocycles. The van der Waals surface area contributed by atoms with Crippen LogP contribution in [-0.2, 0) is 9.53 Å². The molecule has 0 fully saturated rings. The lowest BCUT2D eigenvalue weighted by atomic mass is 10.1. The van der Waals surface area contributed by atoms with E-state index in [-0.39, 0.29) is 5.97 Å². The van der Waals surface area contributed by atoms with Crippen LogP contribution in [0.5, 0.6) is 0 Å². The summed E-state index contributed by atoms with van der Waals surface area (Å²) in [5, 5.41) is 3.25. The Balaban J connectivity index is 2.12. The van der Waals surface area contributed by atoms with Gasteiger partial charge in [-0.2, -0.15) is 0 Å². The summed E-state index contributed by atoms with van der Waals surface area (Å²) in [6.07, 6.45) is 2.47. The van der Waals surface area contributed by atoms with Gasteiger partial charge in [0, 0.05) is 12.2 Å². The summed E-state index contributed by atoms with van der Waals surface area (Å²) in [6, 6.07) is 8.05. The zero-order valence-electron chi connectivity index (χ0n) is 12.2. The highest BCUT2D eigenvalue weighted by molar-refractivity contribution is 5.70. The molecule has 0 aliphatic carbocycles. The number of aryl methyl sites for hydroxylation is 1. The molecule has 106 valence electrons. The topological polar surface area (TPSA) is 38.3 Å². The first-order chi connectivity index (χ1) is 9.09. The Morgan fingerprint density at radius 3 is 2.74 bits per heavy atom. The lowest BCUT2D eigenvalue weighted by Gasteiger charge is -2.09. The van der Waals surface area contributed by atoms with Gasteiger partial charge >= 0.3 is 5.97 Å². The van der Waals surface area contributed by atoms with Gasteiger partial charge in [0.1, 0.15) is 0 Å². The Morgan fingerprint density at radius 2 is 2.05 bits per heavy atom. The molecule has 19 heavy (non-hydrogen) atoms. The molecule has 1 aromatic rings. The number of hydrogen-bond acceptors (Lipinski definition) is 3. The van der Waals surface area contributed by atoms with Crippen LogP contribution in [0.3, 0.4) is 0 Å². The van der Waals surface area contributed by atoms with Crippen molar-refractivity contribution in [3.63, 3.8) is 0 Å². The van der Waals surface area contributed by atoms with Crippen LogP contribution < -0.4 is 5.32 Å². The number of carbonyl (C=O) groups excluding carboxylic acids is 1. The minimum absolute atomic E-state index is 0.121. The van der Waals surface area contributed by atoms with Crippen LogP contribution in [0.15, 0.2) is 24.3 Å². The van der Waals surface area contributed by atoms with E-state index in [4.69, 9.17) is 4.74 Å². The third kappa shape index (κ3) is 6.85. The van der Waals surface area contributed by atoms with Crippen molar-refractivity contribution in [1.29, 1.82) is 0 Å².